The summed E-state index contributed by atoms with van der Waals surface area (Å²) in [5.74, 6) is -0.382. The molecule has 0 aliphatic carbocycles. The molecule has 0 amide bonds. The molecule has 1 aromatic carbocycles. The first-order valence-corrected chi connectivity index (χ1v) is 6.63. The van der Waals surface area contributed by atoms with Gasteiger partial charge >= 0.3 is 5.97 Å². The number of carbonyl (C=O) groups excluding carboxylic acids is 1. The summed E-state index contributed by atoms with van der Waals surface area (Å²) in [6.45, 7) is 0.666. The summed E-state index contributed by atoms with van der Waals surface area (Å²) in [6, 6.07) is 11.1. The third kappa shape index (κ3) is 1.93. The fraction of sp³-hybridized carbons (Fsp3) is 0.250. The molecule has 2 heterocycles. The second-order valence-electron chi connectivity index (χ2n) is 4.84. The van der Waals surface area contributed by atoms with Crippen LogP contribution in [0.25, 0.3) is 11.1 Å². The van der Waals surface area contributed by atoms with Gasteiger partial charge in [-0.05, 0) is 24.5 Å². The minimum atomic E-state index is -0.382. The number of pyridine rings is 1. The average molecular weight is 269 g/mol. The van der Waals surface area contributed by atoms with Gasteiger partial charge < -0.3 is 9.30 Å². The van der Waals surface area contributed by atoms with Crippen molar-refractivity contribution in [3.05, 3.63) is 58.0 Å². The van der Waals surface area contributed by atoms with Crippen LogP contribution in [0.3, 0.4) is 0 Å². The van der Waals surface area contributed by atoms with Crippen LogP contribution in [0.15, 0.2) is 41.2 Å². The van der Waals surface area contributed by atoms with E-state index in [1.54, 1.807) is 10.6 Å². The summed E-state index contributed by atoms with van der Waals surface area (Å²) in [6.07, 6.45) is 1.63. The number of benzene rings is 1. The number of hydrogen-bond donors (Lipinski definition) is 0. The minimum Gasteiger partial charge on any atom is -0.465 e. The van der Waals surface area contributed by atoms with Crippen LogP contribution in [-0.2, 0) is 17.7 Å². The smallest absolute Gasteiger partial charge is 0.339 e. The molecule has 1 aliphatic rings. The third-order valence-corrected chi connectivity index (χ3v) is 3.69. The summed E-state index contributed by atoms with van der Waals surface area (Å²) in [5.41, 5.74) is 2.64. The lowest BCUT2D eigenvalue weighted by molar-refractivity contribution is 0.0598. The van der Waals surface area contributed by atoms with E-state index in [4.69, 9.17) is 4.74 Å². The highest BCUT2D eigenvalue weighted by Gasteiger charge is 2.23. The standard InChI is InChI=1S/C16H15NO3/c1-20-16(19)13-10-12(11-6-3-2-4-7-11)15(18)17-9-5-8-14(13)17/h2-4,6-7,10H,5,8-9H2,1H3. The first-order chi connectivity index (χ1) is 9.72. The van der Waals surface area contributed by atoms with E-state index in [0.29, 0.717) is 17.7 Å². The van der Waals surface area contributed by atoms with Crippen molar-refractivity contribution in [2.24, 2.45) is 0 Å². The molecular weight excluding hydrogens is 254 g/mol. The fourth-order valence-corrected chi connectivity index (χ4v) is 2.72. The van der Waals surface area contributed by atoms with Gasteiger partial charge in [-0.2, -0.15) is 0 Å². The van der Waals surface area contributed by atoms with E-state index in [9.17, 15) is 9.59 Å². The van der Waals surface area contributed by atoms with Crippen LogP contribution in [0, 0.1) is 0 Å². The van der Waals surface area contributed by atoms with Crippen LogP contribution in [0.2, 0.25) is 0 Å². The maximum absolute atomic E-state index is 12.5. The SMILES string of the molecule is COC(=O)c1cc(-c2ccccc2)c(=O)n2c1CCC2. The number of nitrogens with zero attached hydrogens (tertiary/aromatic N) is 1. The molecule has 4 heteroatoms. The highest BCUT2D eigenvalue weighted by molar-refractivity contribution is 5.92. The predicted octanol–water partition coefficient (Wildman–Crippen LogP) is 2.25. The molecule has 0 fully saturated rings. The van der Waals surface area contributed by atoms with Crippen molar-refractivity contribution in [3.8, 4) is 11.1 Å². The van der Waals surface area contributed by atoms with Crippen LogP contribution >= 0.6 is 0 Å². The van der Waals surface area contributed by atoms with E-state index in [2.05, 4.69) is 0 Å². The van der Waals surface area contributed by atoms with E-state index in [1.165, 1.54) is 7.11 Å². The molecule has 1 aromatic heterocycles. The van der Waals surface area contributed by atoms with Crippen LogP contribution in [-0.4, -0.2) is 17.6 Å². The Morgan fingerprint density at radius 2 is 2.00 bits per heavy atom. The summed E-state index contributed by atoms with van der Waals surface area (Å²) < 4.78 is 6.54. The van der Waals surface area contributed by atoms with Gasteiger partial charge in [0.05, 0.1) is 12.7 Å². The van der Waals surface area contributed by atoms with Crippen molar-refractivity contribution in [1.82, 2.24) is 4.57 Å². The average Bonchev–Trinajstić information content (AvgIpc) is 2.98. The minimum absolute atomic E-state index is 0.0312. The molecule has 0 bridgehead atoms. The second kappa shape index (κ2) is 4.96. The Morgan fingerprint density at radius 1 is 1.25 bits per heavy atom. The zero-order valence-corrected chi connectivity index (χ0v) is 11.3. The molecule has 0 unspecified atom stereocenters. The highest BCUT2D eigenvalue weighted by atomic mass is 16.5. The molecule has 0 saturated carbocycles. The molecule has 0 radical (unpaired) electrons. The predicted molar refractivity (Wildman–Crippen MR) is 75.8 cm³/mol. The Bertz CT molecular complexity index is 716. The van der Waals surface area contributed by atoms with Crippen LogP contribution in [0.5, 0.6) is 0 Å². The second-order valence-corrected chi connectivity index (χ2v) is 4.84. The molecule has 0 atom stereocenters. The number of rotatable bonds is 2. The number of esters is 1. The number of aromatic nitrogens is 1. The first kappa shape index (κ1) is 12.7. The van der Waals surface area contributed by atoms with Gasteiger partial charge in [0.25, 0.3) is 5.56 Å². The number of ether oxygens (including phenoxy) is 1. The Hall–Kier alpha value is -2.36. The van der Waals surface area contributed by atoms with Crippen molar-refractivity contribution >= 4 is 5.97 Å². The Labute approximate surface area is 116 Å². The van der Waals surface area contributed by atoms with Gasteiger partial charge in [-0.3, -0.25) is 4.79 Å². The number of carbonyl (C=O) groups is 1. The van der Waals surface area contributed by atoms with Crippen molar-refractivity contribution in [1.29, 1.82) is 0 Å². The third-order valence-electron chi connectivity index (χ3n) is 3.69. The molecule has 4 nitrogen and oxygen atoms in total. The van der Waals surface area contributed by atoms with Gasteiger partial charge in [0.15, 0.2) is 0 Å². The molecule has 2 aromatic rings. The normalized spacial score (nSPS) is 13.1. The van der Waals surface area contributed by atoms with Crippen molar-refractivity contribution in [3.63, 3.8) is 0 Å². The molecule has 0 N–H and O–H groups in total. The first-order valence-electron chi connectivity index (χ1n) is 6.63. The van der Waals surface area contributed by atoms with Gasteiger partial charge in [0.2, 0.25) is 0 Å². The zero-order chi connectivity index (χ0) is 14.1. The monoisotopic (exact) mass is 269 g/mol. The van der Waals surface area contributed by atoms with E-state index >= 15 is 0 Å². The van der Waals surface area contributed by atoms with E-state index < -0.39 is 0 Å². The zero-order valence-electron chi connectivity index (χ0n) is 11.3. The molecule has 1 aliphatic heterocycles. The molecule has 20 heavy (non-hydrogen) atoms. The molecule has 0 spiro atoms. The van der Waals surface area contributed by atoms with E-state index in [1.807, 2.05) is 30.3 Å². The van der Waals surface area contributed by atoms with Gasteiger partial charge in [0, 0.05) is 17.8 Å². The summed E-state index contributed by atoms with van der Waals surface area (Å²) >= 11 is 0. The summed E-state index contributed by atoms with van der Waals surface area (Å²) in [7, 11) is 1.36. The highest BCUT2D eigenvalue weighted by Crippen LogP contribution is 2.23. The molecular formula is C16H15NO3. The van der Waals surface area contributed by atoms with E-state index in [-0.39, 0.29) is 11.5 Å². The quantitative estimate of drug-likeness (QED) is 0.786. The van der Waals surface area contributed by atoms with Crippen LogP contribution in [0.1, 0.15) is 22.5 Å². The van der Waals surface area contributed by atoms with E-state index in [0.717, 1.165) is 24.1 Å². The van der Waals surface area contributed by atoms with Crippen molar-refractivity contribution < 1.29 is 9.53 Å². The van der Waals surface area contributed by atoms with Crippen LogP contribution < -0.4 is 5.56 Å². The Balaban J connectivity index is 2.27. The molecule has 102 valence electrons. The fourth-order valence-electron chi connectivity index (χ4n) is 2.72. The van der Waals surface area contributed by atoms with Crippen molar-refractivity contribution in [2.75, 3.05) is 7.11 Å². The number of fused-ring (bicyclic) bond motifs is 1. The maximum Gasteiger partial charge on any atom is 0.339 e. The number of hydrogen-bond acceptors (Lipinski definition) is 3. The molecule has 0 saturated heterocycles. The summed E-state index contributed by atoms with van der Waals surface area (Å²) in [5, 5.41) is 0. The van der Waals surface area contributed by atoms with Crippen molar-refractivity contribution in [2.45, 2.75) is 19.4 Å². The van der Waals surface area contributed by atoms with Gasteiger partial charge in [0.1, 0.15) is 0 Å². The van der Waals surface area contributed by atoms with Gasteiger partial charge in [-0.25, -0.2) is 4.79 Å². The Morgan fingerprint density at radius 3 is 2.70 bits per heavy atom. The van der Waals surface area contributed by atoms with Gasteiger partial charge in [-0.1, -0.05) is 30.3 Å². The Kier molecular flexibility index (Phi) is 3.14. The van der Waals surface area contributed by atoms with Gasteiger partial charge in [-0.15, -0.1) is 0 Å². The largest absolute Gasteiger partial charge is 0.465 e. The molecule has 3 rings (SSSR count). The van der Waals surface area contributed by atoms with Crippen LogP contribution in [0.4, 0.5) is 0 Å². The lowest BCUT2D eigenvalue weighted by atomic mass is 10.0. The number of methoxy groups -OCH3 is 1. The summed E-state index contributed by atoms with van der Waals surface area (Å²) in [4.78, 5) is 24.5. The maximum atomic E-state index is 12.5. The lowest BCUT2D eigenvalue weighted by Crippen LogP contribution is -2.24. The lowest BCUT2D eigenvalue weighted by Gasteiger charge is -2.11. The topological polar surface area (TPSA) is 48.3 Å².